The second kappa shape index (κ2) is 6.75. The summed E-state index contributed by atoms with van der Waals surface area (Å²) in [6, 6.07) is 3.38. The van der Waals surface area contributed by atoms with Gasteiger partial charge in [-0.2, -0.15) is 0 Å². The van der Waals surface area contributed by atoms with Crippen LogP contribution in [0.2, 0.25) is 0 Å². The fourth-order valence-electron chi connectivity index (χ4n) is 3.09. The van der Waals surface area contributed by atoms with Gasteiger partial charge in [0, 0.05) is 4.90 Å². The highest BCUT2D eigenvalue weighted by molar-refractivity contribution is 7.99. The summed E-state index contributed by atoms with van der Waals surface area (Å²) >= 11 is 1.24. The predicted molar refractivity (Wildman–Crippen MR) is 78.5 cm³/mol. The average molecular weight is 315 g/mol. The van der Waals surface area contributed by atoms with Crippen LogP contribution in [0.4, 0.5) is 8.78 Å². The second-order valence-corrected chi connectivity index (χ2v) is 6.46. The fraction of sp³-hybridized carbons (Fsp3) is 0.533. The Bertz CT molecular complexity index is 526. The summed E-state index contributed by atoms with van der Waals surface area (Å²) in [6.45, 7) is 0. The minimum atomic E-state index is -0.874. The van der Waals surface area contributed by atoms with Gasteiger partial charge in [0.05, 0.1) is 0 Å². The van der Waals surface area contributed by atoms with Crippen molar-refractivity contribution < 1.29 is 18.7 Å². The zero-order chi connectivity index (χ0) is 15.5. The lowest BCUT2D eigenvalue weighted by Gasteiger charge is -2.31. The van der Waals surface area contributed by atoms with E-state index >= 15 is 0 Å². The van der Waals surface area contributed by atoms with Gasteiger partial charge in [-0.25, -0.2) is 8.78 Å². The molecule has 2 N–H and O–H groups in total. The number of halogens is 2. The van der Waals surface area contributed by atoms with Crippen LogP contribution in [0.15, 0.2) is 23.1 Å². The molecule has 2 unspecified atom stereocenters. The molecule has 2 atom stereocenters. The Morgan fingerprint density at radius 1 is 1.52 bits per heavy atom. The number of likely N-dealkylation sites (N-methyl/N-ethyl adjacent to an activating group) is 1. The molecule has 21 heavy (non-hydrogen) atoms. The number of carbonyl (C=O) groups is 1. The van der Waals surface area contributed by atoms with Crippen LogP contribution in [-0.4, -0.2) is 29.4 Å². The highest BCUT2D eigenvalue weighted by Gasteiger charge is 2.47. The van der Waals surface area contributed by atoms with E-state index in [1.165, 1.54) is 17.8 Å². The topological polar surface area (TPSA) is 49.3 Å². The molecule has 0 aromatic heterocycles. The Morgan fingerprint density at radius 3 is 2.95 bits per heavy atom. The van der Waals surface area contributed by atoms with Crippen LogP contribution in [0.5, 0.6) is 0 Å². The highest BCUT2D eigenvalue weighted by atomic mass is 32.2. The maximum atomic E-state index is 13.5. The summed E-state index contributed by atoms with van der Waals surface area (Å²) in [5.74, 6) is -1.14. The SMILES string of the molecule is CNC1(C(=O)O)CCCC1CCSc1cc(F)ccc1F. The molecule has 0 aliphatic heterocycles. The number of aliphatic carboxylic acids is 1. The van der Waals surface area contributed by atoms with Crippen molar-refractivity contribution in [2.75, 3.05) is 12.8 Å². The van der Waals surface area contributed by atoms with Gasteiger partial charge in [0.25, 0.3) is 0 Å². The first-order valence-corrected chi connectivity index (χ1v) is 7.98. The highest BCUT2D eigenvalue weighted by Crippen LogP contribution is 2.39. The van der Waals surface area contributed by atoms with Gasteiger partial charge in [-0.3, -0.25) is 4.79 Å². The Labute approximate surface area is 127 Å². The maximum absolute atomic E-state index is 13.5. The van der Waals surface area contributed by atoms with Gasteiger partial charge in [-0.1, -0.05) is 6.42 Å². The summed E-state index contributed by atoms with van der Waals surface area (Å²) in [6.07, 6.45) is 2.99. The van der Waals surface area contributed by atoms with E-state index in [1.807, 2.05) is 0 Å². The normalized spacial score (nSPS) is 25.2. The summed E-state index contributed by atoms with van der Waals surface area (Å²) in [4.78, 5) is 11.8. The van der Waals surface area contributed by atoms with Crippen molar-refractivity contribution in [3.8, 4) is 0 Å². The van der Waals surface area contributed by atoms with Gasteiger partial charge in [0.15, 0.2) is 0 Å². The average Bonchev–Trinajstić information content (AvgIpc) is 2.87. The van der Waals surface area contributed by atoms with Crippen LogP contribution in [0.25, 0.3) is 0 Å². The van der Waals surface area contributed by atoms with Crippen LogP contribution < -0.4 is 5.32 Å². The van der Waals surface area contributed by atoms with Gasteiger partial charge >= 0.3 is 5.97 Å². The fourth-order valence-corrected chi connectivity index (χ4v) is 4.11. The quantitative estimate of drug-likeness (QED) is 0.791. The summed E-state index contributed by atoms with van der Waals surface area (Å²) in [5, 5.41) is 12.4. The van der Waals surface area contributed by atoms with E-state index in [9.17, 15) is 18.7 Å². The lowest BCUT2D eigenvalue weighted by molar-refractivity contribution is -0.146. The zero-order valence-corrected chi connectivity index (χ0v) is 12.7. The van der Waals surface area contributed by atoms with Crippen molar-refractivity contribution in [2.45, 2.75) is 36.1 Å². The van der Waals surface area contributed by atoms with Crippen LogP contribution >= 0.6 is 11.8 Å². The molecule has 0 radical (unpaired) electrons. The third-order valence-electron chi connectivity index (χ3n) is 4.27. The van der Waals surface area contributed by atoms with E-state index in [-0.39, 0.29) is 10.8 Å². The molecule has 3 nitrogen and oxygen atoms in total. The van der Waals surface area contributed by atoms with Gasteiger partial charge in [0.1, 0.15) is 17.2 Å². The van der Waals surface area contributed by atoms with Crippen molar-refractivity contribution in [1.82, 2.24) is 5.32 Å². The summed E-state index contributed by atoms with van der Waals surface area (Å²) < 4.78 is 26.6. The van der Waals surface area contributed by atoms with Crippen molar-refractivity contribution >= 4 is 17.7 Å². The van der Waals surface area contributed by atoms with Crippen LogP contribution in [0.3, 0.4) is 0 Å². The standard InChI is InChI=1S/C15H19F2NO2S/c1-18-15(14(19)20)7-2-3-10(15)6-8-21-13-9-11(16)4-5-12(13)17/h4-5,9-10,18H,2-3,6-8H2,1H3,(H,19,20). The first-order valence-electron chi connectivity index (χ1n) is 7.00. The van der Waals surface area contributed by atoms with Crippen LogP contribution in [-0.2, 0) is 4.79 Å². The van der Waals surface area contributed by atoms with Crippen LogP contribution in [0, 0.1) is 17.6 Å². The summed E-state index contributed by atoms with van der Waals surface area (Å²) in [5.41, 5.74) is -0.874. The maximum Gasteiger partial charge on any atom is 0.324 e. The molecule has 2 rings (SSSR count). The molecule has 6 heteroatoms. The number of carboxylic acid groups (broad SMARTS) is 1. The minimum absolute atomic E-state index is 0.0177. The number of benzene rings is 1. The number of hydrogen-bond donors (Lipinski definition) is 2. The molecular weight excluding hydrogens is 296 g/mol. The number of carboxylic acids is 1. The van der Waals surface area contributed by atoms with E-state index < -0.39 is 23.1 Å². The Balaban J connectivity index is 1.96. The van der Waals surface area contributed by atoms with E-state index in [0.717, 1.165) is 25.0 Å². The van der Waals surface area contributed by atoms with E-state index in [2.05, 4.69) is 5.32 Å². The van der Waals surface area contributed by atoms with Gasteiger partial charge in [0.2, 0.25) is 0 Å². The molecule has 1 aromatic rings. The molecule has 0 saturated heterocycles. The third-order valence-corrected chi connectivity index (χ3v) is 5.33. The molecule has 1 aliphatic rings. The molecule has 0 bridgehead atoms. The number of rotatable bonds is 6. The number of nitrogens with one attached hydrogen (secondary N) is 1. The molecule has 116 valence electrons. The predicted octanol–water partition coefficient (Wildman–Crippen LogP) is 3.29. The van der Waals surface area contributed by atoms with Crippen molar-refractivity contribution in [3.63, 3.8) is 0 Å². The third kappa shape index (κ3) is 3.37. The molecular formula is C15H19F2NO2S. The minimum Gasteiger partial charge on any atom is -0.480 e. The molecule has 0 spiro atoms. The second-order valence-electron chi connectivity index (χ2n) is 5.33. The number of hydrogen-bond acceptors (Lipinski definition) is 3. The zero-order valence-electron chi connectivity index (χ0n) is 11.9. The molecule has 1 fully saturated rings. The molecule has 0 amide bonds. The van der Waals surface area contributed by atoms with E-state index in [4.69, 9.17) is 0 Å². The van der Waals surface area contributed by atoms with Crippen molar-refractivity contribution in [1.29, 1.82) is 0 Å². The van der Waals surface area contributed by atoms with E-state index in [0.29, 0.717) is 18.6 Å². The molecule has 1 aromatic carbocycles. The first kappa shape index (κ1) is 16.2. The van der Waals surface area contributed by atoms with Crippen molar-refractivity contribution in [3.05, 3.63) is 29.8 Å². The van der Waals surface area contributed by atoms with E-state index in [1.54, 1.807) is 7.05 Å². The van der Waals surface area contributed by atoms with Crippen molar-refractivity contribution in [2.24, 2.45) is 5.92 Å². The molecule has 1 aliphatic carbocycles. The Morgan fingerprint density at radius 2 is 2.29 bits per heavy atom. The van der Waals surface area contributed by atoms with Gasteiger partial charge in [-0.05, 0) is 56.2 Å². The Kier molecular flexibility index (Phi) is 5.22. The molecule has 0 heterocycles. The molecule has 1 saturated carbocycles. The first-order chi connectivity index (χ1) is 9.99. The number of thioether (sulfide) groups is 1. The van der Waals surface area contributed by atoms with Gasteiger partial charge in [-0.15, -0.1) is 11.8 Å². The largest absolute Gasteiger partial charge is 0.480 e. The monoisotopic (exact) mass is 315 g/mol. The Hall–Kier alpha value is -1.14. The smallest absolute Gasteiger partial charge is 0.324 e. The van der Waals surface area contributed by atoms with Crippen LogP contribution in [0.1, 0.15) is 25.7 Å². The lowest BCUT2D eigenvalue weighted by Crippen LogP contribution is -2.53. The lowest BCUT2D eigenvalue weighted by atomic mass is 9.85. The van der Waals surface area contributed by atoms with Gasteiger partial charge < -0.3 is 10.4 Å². The summed E-state index contributed by atoms with van der Waals surface area (Å²) in [7, 11) is 1.67.